The molecule has 0 heterocycles. The van der Waals surface area contributed by atoms with Crippen LogP contribution in [0.4, 0.5) is 0 Å². The summed E-state index contributed by atoms with van der Waals surface area (Å²) < 4.78 is 19.7. The van der Waals surface area contributed by atoms with E-state index in [1.54, 1.807) is 4.90 Å². The van der Waals surface area contributed by atoms with Crippen molar-refractivity contribution in [2.24, 2.45) is 0 Å². The van der Waals surface area contributed by atoms with Gasteiger partial charge in [0, 0.05) is 26.6 Å². The Morgan fingerprint density at radius 3 is 1.83 bits per heavy atom. The monoisotopic (exact) mass is 558 g/mol. The molecule has 0 bridgehead atoms. The molecule has 0 radical (unpaired) electrons. The Kier molecular flexibility index (Phi) is 12.5. The summed E-state index contributed by atoms with van der Waals surface area (Å²) in [4.78, 5) is 25.2. The zero-order valence-corrected chi connectivity index (χ0v) is 26.2. The van der Waals surface area contributed by atoms with Gasteiger partial charge in [-0.1, -0.05) is 15.9 Å². The summed E-state index contributed by atoms with van der Waals surface area (Å²) in [6.07, 6.45) is 0.795. The fraction of sp³-hybridized carbons (Fsp3) is 0.889. The predicted octanol–water partition coefficient (Wildman–Crippen LogP) is 4.23. The second kappa shape index (κ2) is 12.4. The molecule has 0 aliphatic rings. The third-order valence-electron chi connectivity index (χ3n) is 3.82. The van der Waals surface area contributed by atoms with Crippen LogP contribution in [0, 0.1) is 0 Å². The van der Waals surface area contributed by atoms with Crippen LogP contribution in [0.3, 0.4) is 0 Å². The maximum atomic E-state index is 12.3. The van der Waals surface area contributed by atoms with E-state index in [-0.39, 0.29) is 17.1 Å². The van der Waals surface area contributed by atoms with Crippen LogP contribution >= 0.6 is 15.9 Å². The predicted molar refractivity (Wildman–Crippen MR) is 138 cm³/mol. The van der Waals surface area contributed by atoms with E-state index in [9.17, 15) is 9.59 Å². The largest absolute Gasteiger partial charge is 0.437 e. The molecular formula is C18H43BrN2O5Si4. The Labute approximate surface area is 196 Å². The summed E-state index contributed by atoms with van der Waals surface area (Å²) in [5.41, 5.74) is 0. The fourth-order valence-electron chi connectivity index (χ4n) is 3.45. The molecule has 0 saturated carbocycles. The van der Waals surface area contributed by atoms with Gasteiger partial charge in [-0.15, -0.1) is 0 Å². The van der Waals surface area contributed by atoms with Crippen molar-refractivity contribution in [1.82, 2.24) is 10.2 Å². The van der Waals surface area contributed by atoms with Gasteiger partial charge in [0.15, 0.2) is 16.6 Å². The third kappa shape index (κ3) is 15.0. The van der Waals surface area contributed by atoms with Crippen molar-refractivity contribution < 1.29 is 21.9 Å². The first kappa shape index (κ1) is 30.2. The Morgan fingerprint density at radius 2 is 1.40 bits per heavy atom. The molecule has 30 heavy (non-hydrogen) atoms. The second-order valence-electron chi connectivity index (χ2n) is 10.2. The molecular weight excluding hydrogens is 516 g/mol. The number of hydrogen-bond acceptors (Lipinski definition) is 5. The molecule has 0 spiro atoms. The number of hydrogen-bond donors (Lipinski definition) is 1. The van der Waals surface area contributed by atoms with E-state index in [2.05, 4.69) is 80.2 Å². The molecule has 2 amide bonds. The van der Waals surface area contributed by atoms with E-state index < -0.39 is 33.8 Å². The first-order valence-corrected chi connectivity index (χ1v) is 23.8. The van der Waals surface area contributed by atoms with Gasteiger partial charge in [-0.3, -0.25) is 9.59 Å². The minimum absolute atomic E-state index is 0.0209. The molecule has 7 nitrogen and oxygen atoms in total. The smallest absolute Gasteiger partial charge is 0.315 e. The average Bonchev–Trinajstić information content (AvgIpc) is 2.47. The fourth-order valence-corrected chi connectivity index (χ4v) is 21.7. The first-order valence-electron chi connectivity index (χ1n) is 10.6. The number of amides is 2. The van der Waals surface area contributed by atoms with Gasteiger partial charge in [-0.05, 0) is 71.4 Å². The Morgan fingerprint density at radius 1 is 0.867 bits per heavy atom. The van der Waals surface area contributed by atoms with Gasteiger partial charge in [-0.2, -0.15) is 0 Å². The van der Waals surface area contributed by atoms with Gasteiger partial charge in [0.2, 0.25) is 11.8 Å². The highest BCUT2D eigenvalue weighted by Gasteiger charge is 2.44. The SMILES string of the molecule is CC(=O)NCCN(CCC[Si](C)(O[Si](C)(C)C)O[Si](C)(C)O[Si](C)(C)C)C(=O)CBr. The van der Waals surface area contributed by atoms with Crippen LogP contribution in [0.2, 0.25) is 65.0 Å². The van der Waals surface area contributed by atoms with Crippen molar-refractivity contribution >= 4 is 61.5 Å². The van der Waals surface area contributed by atoms with E-state index >= 15 is 0 Å². The van der Waals surface area contributed by atoms with Crippen molar-refractivity contribution in [3.63, 3.8) is 0 Å². The maximum Gasteiger partial charge on any atom is 0.315 e. The zero-order valence-electron chi connectivity index (χ0n) is 20.6. The maximum absolute atomic E-state index is 12.3. The van der Waals surface area contributed by atoms with Crippen molar-refractivity contribution in [2.75, 3.05) is 25.0 Å². The number of rotatable bonds is 14. The summed E-state index contributed by atoms with van der Waals surface area (Å²) in [5, 5.41) is 3.03. The van der Waals surface area contributed by atoms with Crippen molar-refractivity contribution in [2.45, 2.75) is 78.3 Å². The number of carbonyl (C=O) groups is 2. The van der Waals surface area contributed by atoms with Crippen molar-refractivity contribution in [1.29, 1.82) is 0 Å². The van der Waals surface area contributed by atoms with Gasteiger partial charge < -0.3 is 22.6 Å². The molecule has 1 N–H and O–H groups in total. The highest BCUT2D eigenvalue weighted by Crippen LogP contribution is 2.27. The average molecular weight is 560 g/mol. The molecule has 1 atom stereocenters. The first-order chi connectivity index (χ1) is 13.4. The lowest BCUT2D eigenvalue weighted by Gasteiger charge is -2.41. The Hall–Kier alpha value is 0.168. The van der Waals surface area contributed by atoms with Crippen LogP contribution in [0.15, 0.2) is 0 Å². The number of nitrogens with zero attached hydrogens (tertiary/aromatic N) is 1. The minimum atomic E-state index is -2.48. The number of alkyl halides is 1. The quantitative estimate of drug-likeness (QED) is 0.255. The lowest BCUT2D eigenvalue weighted by Crippen LogP contribution is -2.57. The summed E-state index contributed by atoms with van der Waals surface area (Å²) in [5.74, 6) is -0.0692. The van der Waals surface area contributed by atoms with Gasteiger partial charge in [-0.25, -0.2) is 0 Å². The van der Waals surface area contributed by atoms with Crippen LogP contribution in [0.1, 0.15) is 13.3 Å². The molecule has 0 saturated heterocycles. The van der Waals surface area contributed by atoms with Crippen LogP contribution in [-0.2, 0) is 21.9 Å². The van der Waals surface area contributed by atoms with E-state index in [1.807, 2.05) is 0 Å². The normalized spacial score (nSPS) is 14.9. The third-order valence-corrected chi connectivity index (χ3v) is 17.8. The summed E-state index contributed by atoms with van der Waals surface area (Å²) >= 11 is 3.25. The van der Waals surface area contributed by atoms with E-state index in [1.165, 1.54) is 6.92 Å². The standard InChI is InChI=1S/C18H43BrN2O5Si4/c1-17(22)20-12-14-21(18(23)16-19)13-11-15-30(10,25-28(5,6)7)26-29(8,9)24-27(2,3)4/h11-16H2,1-10H3,(H,20,22). The molecule has 1 unspecified atom stereocenters. The van der Waals surface area contributed by atoms with Gasteiger partial charge in [0.25, 0.3) is 0 Å². The van der Waals surface area contributed by atoms with E-state index in [0.717, 1.165) is 12.5 Å². The van der Waals surface area contributed by atoms with Gasteiger partial charge >= 0.3 is 17.1 Å². The highest BCUT2D eigenvalue weighted by atomic mass is 79.9. The lowest BCUT2D eigenvalue weighted by atomic mass is 10.4. The number of nitrogens with one attached hydrogen (secondary N) is 1. The highest BCUT2D eigenvalue weighted by molar-refractivity contribution is 9.09. The van der Waals surface area contributed by atoms with Crippen molar-refractivity contribution in [3.8, 4) is 0 Å². The summed E-state index contributed by atoms with van der Waals surface area (Å²) in [7, 11) is -8.34. The molecule has 0 aliphatic carbocycles. The van der Waals surface area contributed by atoms with Gasteiger partial charge in [0.1, 0.15) is 0 Å². The van der Waals surface area contributed by atoms with Crippen LogP contribution in [0.25, 0.3) is 0 Å². The van der Waals surface area contributed by atoms with Crippen LogP contribution in [0.5, 0.6) is 0 Å². The molecule has 178 valence electrons. The Balaban J connectivity index is 5.17. The molecule has 0 aromatic carbocycles. The van der Waals surface area contributed by atoms with Crippen LogP contribution < -0.4 is 5.32 Å². The minimum Gasteiger partial charge on any atom is -0.437 e. The molecule has 0 aliphatic heterocycles. The molecule has 0 aromatic heterocycles. The zero-order chi connectivity index (χ0) is 23.8. The second-order valence-corrected chi connectivity index (χ2v) is 27.2. The molecule has 0 fully saturated rings. The van der Waals surface area contributed by atoms with E-state index in [0.29, 0.717) is 19.6 Å². The summed E-state index contributed by atoms with van der Waals surface area (Å²) in [6, 6.07) is 0.801. The number of halogens is 1. The van der Waals surface area contributed by atoms with E-state index in [4.69, 9.17) is 12.3 Å². The van der Waals surface area contributed by atoms with Crippen LogP contribution in [-0.4, -0.2) is 75.4 Å². The van der Waals surface area contributed by atoms with Gasteiger partial charge in [0.05, 0.1) is 5.33 Å². The number of carbonyl (C=O) groups excluding carboxylic acids is 2. The Bertz CT molecular complexity index is 570. The van der Waals surface area contributed by atoms with Crippen molar-refractivity contribution in [3.05, 3.63) is 0 Å². The molecule has 0 aromatic rings. The summed E-state index contributed by atoms with van der Waals surface area (Å²) in [6.45, 7) is 22.5. The molecule has 12 heteroatoms. The lowest BCUT2D eigenvalue weighted by molar-refractivity contribution is -0.128. The molecule has 0 rings (SSSR count). The topological polar surface area (TPSA) is 77.1 Å².